The second-order valence-corrected chi connectivity index (χ2v) is 2.48. The number of amides is 1. The Morgan fingerprint density at radius 1 is 1.60 bits per heavy atom. The van der Waals surface area contributed by atoms with Crippen LogP contribution in [0.1, 0.15) is 13.3 Å². The van der Waals surface area contributed by atoms with Gasteiger partial charge in [-0.3, -0.25) is 4.79 Å². The second kappa shape index (κ2) is 5.50. The molecule has 0 aromatic carbocycles. The lowest BCUT2D eigenvalue weighted by molar-refractivity contribution is -0.118. The van der Waals surface area contributed by atoms with Crippen LogP contribution in [0, 0.1) is 0 Å². The first-order chi connectivity index (χ1) is 4.04. The molecular weight excluding hydrogens is 152 g/mol. The fraction of sp³-hybridized carbons (Fsp3) is 0.833. The normalized spacial score (nSPS) is 12.4. The first-order valence-electron chi connectivity index (χ1n) is 2.98. The Kier molecular flexibility index (Phi) is 6.82. The third-order valence-electron chi connectivity index (χ3n) is 1.38. The molecule has 0 aliphatic carbocycles. The SMILES string of the molecule is CC(CC(N)=O)N(C)C.Cl. The van der Waals surface area contributed by atoms with Crippen LogP contribution in [-0.2, 0) is 4.79 Å². The van der Waals surface area contributed by atoms with Crippen LogP contribution in [0.15, 0.2) is 0 Å². The summed E-state index contributed by atoms with van der Waals surface area (Å²) in [7, 11) is 3.85. The highest BCUT2D eigenvalue weighted by Crippen LogP contribution is 1.95. The van der Waals surface area contributed by atoms with Gasteiger partial charge in [-0.15, -0.1) is 12.4 Å². The molecule has 0 spiro atoms. The van der Waals surface area contributed by atoms with Gasteiger partial charge in [0.15, 0.2) is 0 Å². The van der Waals surface area contributed by atoms with Crippen LogP contribution in [0.3, 0.4) is 0 Å². The largest absolute Gasteiger partial charge is 0.370 e. The van der Waals surface area contributed by atoms with E-state index < -0.39 is 0 Å². The highest BCUT2D eigenvalue weighted by atomic mass is 35.5. The fourth-order valence-electron chi connectivity index (χ4n) is 0.474. The number of carbonyl (C=O) groups is 1. The number of nitrogens with two attached hydrogens (primary N) is 1. The average molecular weight is 167 g/mol. The van der Waals surface area contributed by atoms with E-state index in [1.165, 1.54) is 0 Å². The molecule has 62 valence electrons. The van der Waals surface area contributed by atoms with Crippen molar-refractivity contribution in [2.24, 2.45) is 5.73 Å². The molecule has 0 saturated carbocycles. The molecule has 10 heavy (non-hydrogen) atoms. The number of hydrogen-bond donors (Lipinski definition) is 1. The zero-order valence-corrected chi connectivity index (χ0v) is 7.44. The standard InChI is InChI=1S/C6H14N2O.ClH/c1-5(8(2)3)4-6(7)9;/h5H,4H2,1-3H3,(H2,7,9);1H. The minimum Gasteiger partial charge on any atom is -0.370 e. The van der Waals surface area contributed by atoms with Crippen LogP contribution in [0.2, 0.25) is 0 Å². The molecule has 0 aromatic rings. The summed E-state index contributed by atoms with van der Waals surface area (Å²) in [5.74, 6) is -0.240. The third kappa shape index (κ3) is 5.85. The molecule has 0 saturated heterocycles. The molecule has 0 heterocycles. The van der Waals surface area contributed by atoms with Crippen LogP contribution in [0.25, 0.3) is 0 Å². The maximum atomic E-state index is 10.3. The molecule has 0 fully saturated rings. The minimum absolute atomic E-state index is 0. The highest BCUT2D eigenvalue weighted by Gasteiger charge is 2.06. The number of halogens is 1. The maximum Gasteiger partial charge on any atom is 0.218 e. The van der Waals surface area contributed by atoms with Crippen molar-refractivity contribution in [3.8, 4) is 0 Å². The average Bonchev–Trinajstić information content (AvgIpc) is 1.63. The quantitative estimate of drug-likeness (QED) is 0.653. The van der Waals surface area contributed by atoms with Crippen LogP contribution in [-0.4, -0.2) is 30.9 Å². The van der Waals surface area contributed by atoms with Gasteiger partial charge < -0.3 is 10.6 Å². The van der Waals surface area contributed by atoms with Gasteiger partial charge in [0.25, 0.3) is 0 Å². The Balaban J connectivity index is 0. The maximum absolute atomic E-state index is 10.3. The van der Waals surface area contributed by atoms with Gasteiger partial charge in [0.1, 0.15) is 0 Å². The van der Waals surface area contributed by atoms with E-state index in [2.05, 4.69) is 0 Å². The number of carbonyl (C=O) groups excluding carboxylic acids is 1. The Hall–Kier alpha value is -0.280. The van der Waals surface area contributed by atoms with Crippen LogP contribution < -0.4 is 5.73 Å². The second-order valence-electron chi connectivity index (χ2n) is 2.48. The summed E-state index contributed by atoms with van der Waals surface area (Å²) in [4.78, 5) is 12.3. The van der Waals surface area contributed by atoms with Crippen LogP contribution in [0.5, 0.6) is 0 Å². The van der Waals surface area contributed by atoms with Gasteiger partial charge in [0.05, 0.1) is 0 Å². The lowest BCUT2D eigenvalue weighted by atomic mass is 10.2. The molecule has 1 unspecified atom stereocenters. The molecule has 1 atom stereocenters. The molecule has 3 nitrogen and oxygen atoms in total. The van der Waals surface area contributed by atoms with E-state index in [1.54, 1.807) is 0 Å². The fourth-order valence-corrected chi connectivity index (χ4v) is 0.474. The smallest absolute Gasteiger partial charge is 0.218 e. The molecule has 0 aliphatic heterocycles. The van der Waals surface area contributed by atoms with E-state index >= 15 is 0 Å². The monoisotopic (exact) mass is 166 g/mol. The summed E-state index contributed by atoms with van der Waals surface area (Å²) < 4.78 is 0. The zero-order valence-electron chi connectivity index (χ0n) is 6.63. The van der Waals surface area contributed by atoms with Crippen molar-refractivity contribution in [2.45, 2.75) is 19.4 Å². The Labute approximate surface area is 68.0 Å². The Morgan fingerprint density at radius 3 is 2.10 bits per heavy atom. The van der Waals surface area contributed by atoms with Crippen molar-refractivity contribution in [1.29, 1.82) is 0 Å². The molecule has 0 rings (SSSR count). The Bertz CT molecular complexity index is 106. The molecule has 0 radical (unpaired) electrons. The van der Waals surface area contributed by atoms with E-state index in [0.29, 0.717) is 6.42 Å². The molecule has 1 amide bonds. The molecule has 2 N–H and O–H groups in total. The molecule has 4 heteroatoms. The predicted octanol–water partition coefficient (Wildman–Crippen LogP) is 0.234. The summed E-state index contributed by atoms with van der Waals surface area (Å²) in [6.07, 6.45) is 0.438. The number of hydrogen-bond acceptors (Lipinski definition) is 2. The van der Waals surface area contributed by atoms with E-state index in [-0.39, 0.29) is 24.4 Å². The number of primary amides is 1. The van der Waals surface area contributed by atoms with Gasteiger partial charge >= 0.3 is 0 Å². The summed E-state index contributed by atoms with van der Waals surface area (Å²) >= 11 is 0. The van der Waals surface area contributed by atoms with E-state index in [4.69, 9.17) is 5.73 Å². The minimum atomic E-state index is -0.240. The van der Waals surface area contributed by atoms with Crippen molar-refractivity contribution < 1.29 is 4.79 Å². The first kappa shape index (κ1) is 12.4. The molecule has 0 bridgehead atoms. The van der Waals surface area contributed by atoms with E-state index in [0.717, 1.165) is 0 Å². The van der Waals surface area contributed by atoms with Crippen LogP contribution in [0.4, 0.5) is 0 Å². The van der Waals surface area contributed by atoms with Crippen molar-refractivity contribution in [1.82, 2.24) is 4.90 Å². The number of nitrogens with zero attached hydrogens (tertiary/aromatic N) is 1. The predicted molar refractivity (Wildman–Crippen MR) is 44.2 cm³/mol. The zero-order chi connectivity index (χ0) is 7.44. The number of rotatable bonds is 3. The summed E-state index contributed by atoms with van der Waals surface area (Å²) in [6.45, 7) is 1.96. The Morgan fingerprint density at radius 2 is 2.00 bits per heavy atom. The van der Waals surface area contributed by atoms with Gasteiger partial charge in [-0.25, -0.2) is 0 Å². The summed E-state index contributed by atoms with van der Waals surface area (Å²) in [5, 5.41) is 0. The lowest BCUT2D eigenvalue weighted by Gasteiger charge is -2.17. The van der Waals surface area contributed by atoms with Crippen molar-refractivity contribution in [3.05, 3.63) is 0 Å². The molecular formula is C6H15ClN2O. The van der Waals surface area contributed by atoms with E-state index in [9.17, 15) is 4.79 Å². The van der Waals surface area contributed by atoms with Gasteiger partial charge in [-0.2, -0.15) is 0 Å². The highest BCUT2D eigenvalue weighted by molar-refractivity contribution is 5.85. The topological polar surface area (TPSA) is 46.3 Å². The van der Waals surface area contributed by atoms with Crippen molar-refractivity contribution in [3.63, 3.8) is 0 Å². The molecule has 0 aromatic heterocycles. The van der Waals surface area contributed by atoms with Crippen molar-refractivity contribution in [2.75, 3.05) is 14.1 Å². The summed E-state index contributed by atoms with van der Waals surface area (Å²) in [5.41, 5.74) is 4.97. The van der Waals surface area contributed by atoms with E-state index in [1.807, 2.05) is 25.9 Å². The third-order valence-corrected chi connectivity index (χ3v) is 1.38. The first-order valence-corrected chi connectivity index (χ1v) is 2.98. The lowest BCUT2D eigenvalue weighted by Crippen LogP contribution is -2.29. The molecule has 0 aliphatic rings. The van der Waals surface area contributed by atoms with Gasteiger partial charge in [0.2, 0.25) is 5.91 Å². The van der Waals surface area contributed by atoms with Crippen molar-refractivity contribution >= 4 is 18.3 Å². The van der Waals surface area contributed by atoms with Gasteiger partial charge in [-0.05, 0) is 21.0 Å². The van der Waals surface area contributed by atoms with Crippen LogP contribution >= 0.6 is 12.4 Å². The van der Waals surface area contributed by atoms with Gasteiger partial charge in [0, 0.05) is 12.5 Å². The summed E-state index contributed by atoms with van der Waals surface area (Å²) in [6, 6.07) is 0.252. The van der Waals surface area contributed by atoms with Gasteiger partial charge in [-0.1, -0.05) is 0 Å².